The second-order valence-corrected chi connectivity index (χ2v) is 6.44. The molecular formula is C17H23N3O3. The van der Waals surface area contributed by atoms with Gasteiger partial charge in [0.2, 0.25) is 0 Å². The van der Waals surface area contributed by atoms with E-state index in [9.17, 15) is 4.79 Å². The fourth-order valence-electron chi connectivity index (χ4n) is 3.50. The monoisotopic (exact) mass is 317 g/mol. The number of aliphatic carboxylic acids is 1. The molecule has 2 atom stereocenters. The maximum Gasteiger partial charge on any atom is 0.303 e. The molecule has 2 N–H and O–H groups in total. The third-order valence-electron chi connectivity index (χ3n) is 4.72. The zero-order chi connectivity index (χ0) is 16.4. The molecule has 23 heavy (non-hydrogen) atoms. The van der Waals surface area contributed by atoms with Crippen LogP contribution >= 0.6 is 0 Å². The third-order valence-corrected chi connectivity index (χ3v) is 4.72. The van der Waals surface area contributed by atoms with Crippen molar-refractivity contribution in [2.75, 3.05) is 27.2 Å². The van der Waals surface area contributed by atoms with Gasteiger partial charge >= 0.3 is 5.97 Å². The molecule has 1 saturated heterocycles. The summed E-state index contributed by atoms with van der Waals surface area (Å²) in [6, 6.07) is 5.78. The van der Waals surface area contributed by atoms with Crippen LogP contribution in [0, 0.1) is 11.8 Å². The summed E-state index contributed by atoms with van der Waals surface area (Å²) in [5, 5.41) is 9.14. The number of hydrogen-bond donors (Lipinski definition) is 2. The highest BCUT2D eigenvalue weighted by molar-refractivity contribution is 5.76. The average molecular weight is 317 g/mol. The van der Waals surface area contributed by atoms with Crippen LogP contribution in [-0.4, -0.2) is 53.2 Å². The van der Waals surface area contributed by atoms with Gasteiger partial charge in [0.1, 0.15) is 11.6 Å². The van der Waals surface area contributed by atoms with Gasteiger partial charge in [-0.15, -0.1) is 0 Å². The number of benzene rings is 1. The van der Waals surface area contributed by atoms with Crippen LogP contribution in [0.25, 0.3) is 11.0 Å². The highest BCUT2D eigenvalue weighted by atomic mass is 16.5. The van der Waals surface area contributed by atoms with Crippen molar-refractivity contribution in [3.63, 3.8) is 0 Å². The first-order chi connectivity index (χ1) is 11.0. The number of carboxylic acids is 1. The second kappa shape index (κ2) is 6.58. The fraction of sp³-hybridized carbons (Fsp3) is 0.529. The van der Waals surface area contributed by atoms with E-state index in [4.69, 9.17) is 9.84 Å². The molecule has 0 saturated carbocycles. The lowest BCUT2D eigenvalue weighted by Crippen LogP contribution is -2.40. The van der Waals surface area contributed by atoms with E-state index < -0.39 is 5.97 Å². The minimum Gasteiger partial charge on any atom is -0.497 e. The van der Waals surface area contributed by atoms with Gasteiger partial charge in [0.25, 0.3) is 0 Å². The van der Waals surface area contributed by atoms with Crippen molar-refractivity contribution < 1.29 is 14.6 Å². The van der Waals surface area contributed by atoms with Crippen molar-refractivity contribution in [3.05, 3.63) is 24.0 Å². The number of aromatic amines is 1. The van der Waals surface area contributed by atoms with Gasteiger partial charge in [-0.3, -0.25) is 4.79 Å². The van der Waals surface area contributed by atoms with Gasteiger partial charge in [-0.25, -0.2) is 4.98 Å². The summed E-state index contributed by atoms with van der Waals surface area (Å²) in [7, 11) is 3.74. The Kier molecular flexibility index (Phi) is 4.52. The molecule has 1 aliphatic heterocycles. The van der Waals surface area contributed by atoms with Gasteiger partial charge in [0, 0.05) is 25.5 Å². The Labute approximate surface area is 135 Å². The number of nitrogens with zero attached hydrogens (tertiary/aromatic N) is 2. The van der Waals surface area contributed by atoms with Crippen molar-refractivity contribution in [2.24, 2.45) is 11.8 Å². The number of carbonyl (C=O) groups is 1. The molecule has 3 rings (SSSR count). The number of imidazole rings is 1. The van der Waals surface area contributed by atoms with E-state index in [-0.39, 0.29) is 12.3 Å². The van der Waals surface area contributed by atoms with Crippen molar-refractivity contribution >= 4 is 17.0 Å². The number of ether oxygens (including phenoxy) is 1. The van der Waals surface area contributed by atoms with Crippen LogP contribution in [0.15, 0.2) is 18.2 Å². The van der Waals surface area contributed by atoms with E-state index in [0.29, 0.717) is 5.92 Å². The Hall–Kier alpha value is -2.08. The Morgan fingerprint density at radius 1 is 1.48 bits per heavy atom. The number of piperidine rings is 1. The summed E-state index contributed by atoms with van der Waals surface area (Å²) in [4.78, 5) is 21.4. The summed E-state index contributed by atoms with van der Waals surface area (Å²) in [6.07, 6.45) is 1.95. The molecule has 0 spiro atoms. The Bertz CT molecular complexity index is 697. The number of rotatable bonds is 5. The molecule has 124 valence electrons. The lowest BCUT2D eigenvalue weighted by atomic mass is 9.81. The maximum atomic E-state index is 11.1. The van der Waals surface area contributed by atoms with Crippen LogP contribution in [-0.2, 0) is 11.2 Å². The van der Waals surface area contributed by atoms with Crippen molar-refractivity contribution in [1.82, 2.24) is 14.9 Å². The van der Waals surface area contributed by atoms with Crippen molar-refractivity contribution in [3.8, 4) is 5.75 Å². The summed E-state index contributed by atoms with van der Waals surface area (Å²) >= 11 is 0. The zero-order valence-corrected chi connectivity index (χ0v) is 13.6. The maximum absolute atomic E-state index is 11.1. The summed E-state index contributed by atoms with van der Waals surface area (Å²) in [6.45, 7) is 1.88. The van der Waals surface area contributed by atoms with Crippen LogP contribution in [0.2, 0.25) is 0 Å². The Morgan fingerprint density at radius 3 is 3.04 bits per heavy atom. The normalized spacial score (nSPS) is 22.3. The minimum atomic E-state index is -0.709. The predicted octanol–water partition coefficient (Wildman–Crippen LogP) is 2.16. The lowest BCUT2D eigenvalue weighted by molar-refractivity contribution is -0.139. The number of nitrogens with one attached hydrogen (secondary N) is 1. The fourth-order valence-corrected chi connectivity index (χ4v) is 3.50. The highest BCUT2D eigenvalue weighted by Crippen LogP contribution is 2.29. The molecular weight excluding hydrogens is 294 g/mol. The summed E-state index contributed by atoms with van der Waals surface area (Å²) < 4.78 is 5.24. The smallest absolute Gasteiger partial charge is 0.303 e. The quantitative estimate of drug-likeness (QED) is 0.883. The average Bonchev–Trinajstić information content (AvgIpc) is 2.90. The molecule has 2 unspecified atom stereocenters. The first-order valence-corrected chi connectivity index (χ1v) is 7.98. The molecule has 0 radical (unpaired) electrons. The molecule has 6 heteroatoms. The number of methoxy groups -OCH3 is 1. The number of aromatic nitrogens is 2. The molecule has 6 nitrogen and oxygen atoms in total. The van der Waals surface area contributed by atoms with E-state index in [2.05, 4.69) is 21.9 Å². The third kappa shape index (κ3) is 3.64. The molecule has 1 aromatic heterocycles. The van der Waals surface area contributed by atoms with Crippen LogP contribution < -0.4 is 4.74 Å². The van der Waals surface area contributed by atoms with E-state index >= 15 is 0 Å². The molecule has 0 bridgehead atoms. The topological polar surface area (TPSA) is 78.4 Å². The van der Waals surface area contributed by atoms with E-state index in [1.54, 1.807) is 7.11 Å². The molecule has 1 aromatic carbocycles. The van der Waals surface area contributed by atoms with E-state index in [1.165, 1.54) is 0 Å². The molecule has 2 aromatic rings. The van der Waals surface area contributed by atoms with Crippen molar-refractivity contribution in [2.45, 2.75) is 19.3 Å². The minimum absolute atomic E-state index is 0.214. The van der Waals surface area contributed by atoms with Crippen LogP contribution in [0.4, 0.5) is 0 Å². The number of hydrogen-bond acceptors (Lipinski definition) is 4. The predicted molar refractivity (Wildman–Crippen MR) is 87.7 cm³/mol. The zero-order valence-electron chi connectivity index (χ0n) is 13.6. The van der Waals surface area contributed by atoms with Crippen molar-refractivity contribution in [1.29, 1.82) is 0 Å². The Morgan fingerprint density at radius 2 is 2.30 bits per heavy atom. The van der Waals surface area contributed by atoms with Crippen LogP contribution in [0.1, 0.15) is 18.7 Å². The SMILES string of the molecule is COc1ccc2nc(CC3CN(C)CCC3CC(=O)O)[nH]c2c1. The number of likely N-dealkylation sites (tertiary alicyclic amines) is 1. The van der Waals surface area contributed by atoms with Crippen LogP contribution in [0.3, 0.4) is 0 Å². The van der Waals surface area contributed by atoms with Gasteiger partial charge in [0.05, 0.1) is 18.1 Å². The lowest BCUT2D eigenvalue weighted by Gasteiger charge is -2.35. The van der Waals surface area contributed by atoms with Gasteiger partial charge in [-0.05, 0) is 44.0 Å². The molecule has 0 aliphatic carbocycles. The highest BCUT2D eigenvalue weighted by Gasteiger charge is 2.30. The van der Waals surface area contributed by atoms with Gasteiger partial charge in [-0.1, -0.05) is 0 Å². The molecule has 1 aliphatic rings. The van der Waals surface area contributed by atoms with E-state index in [0.717, 1.165) is 48.5 Å². The number of H-pyrrole nitrogens is 1. The van der Waals surface area contributed by atoms with Crippen LogP contribution in [0.5, 0.6) is 5.75 Å². The largest absolute Gasteiger partial charge is 0.497 e. The molecule has 2 heterocycles. The van der Waals surface area contributed by atoms with Gasteiger partial charge in [0.15, 0.2) is 0 Å². The molecule has 1 fully saturated rings. The van der Waals surface area contributed by atoms with Gasteiger partial charge in [-0.2, -0.15) is 0 Å². The number of carboxylic acid groups (broad SMARTS) is 1. The first-order valence-electron chi connectivity index (χ1n) is 7.98. The number of fused-ring (bicyclic) bond motifs is 1. The molecule has 0 amide bonds. The van der Waals surface area contributed by atoms with E-state index in [1.807, 2.05) is 18.2 Å². The standard InChI is InChI=1S/C17H23N3O3/c1-20-6-5-11(8-17(21)22)12(10-20)7-16-18-14-4-3-13(23-2)9-15(14)19-16/h3-4,9,11-12H,5-8,10H2,1-2H3,(H,18,19)(H,21,22). The summed E-state index contributed by atoms with van der Waals surface area (Å²) in [5.41, 5.74) is 1.87. The second-order valence-electron chi connectivity index (χ2n) is 6.44. The first kappa shape index (κ1) is 15.8. The Balaban J connectivity index is 1.79. The van der Waals surface area contributed by atoms with Gasteiger partial charge < -0.3 is 19.7 Å². The summed E-state index contributed by atoms with van der Waals surface area (Å²) in [5.74, 6) is 1.54.